The van der Waals surface area contributed by atoms with Crippen molar-refractivity contribution in [2.75, 3.05) is 32.7 Å². The van der Waals surface area contributed by atoms with E-state index in [0.29, 0.717) is 59.6 Å². The number of aliphatic hydroxyl groups excluding tert-OH is 2. The lowest BCUT2D eigenvalue weighted by atomic mass is 9.56. The predicted octanol–water partition coefficient (Wildman–Crippen LogP) is 11.3. The molecule has 4 saturated carbocycles. The van der Waals surface area contributed by atoms with Crippen molar-refractivity contribution < 1.29 is 37.7 Å². The Balaban J connectivity index is 0.000000158. The number of ketones is 1. The molecule has 72 heavy (non-hydrogen) atoms. The van der Waals surface area contributed by atoms with Gasteiger partial charge in [-0.15, -0.1) is 0 Å². The topological polar surface area (TPSA) is 108 Å². The zero-order chi connectivity index (χ0) is 51.0. The van der Waals surface area contributed by atoms with E-state index in [2.05, 4.69) is 77.3 Å². The van der Waals surface area contributed by atoms with Crippen LogP contribution in [0.25, 0.3) is 0 Å². The molecule has 0 aromatic carbocycles. The summed E-state index contributed by atoms with van der Waals surface area (Å²) >= 11 is 0. The van der Waals surface area contributed by atoms with Crippen LogP contribution in [0.15, 0.2) is 45.6 Å². The van der Waals surface area contributed by atoms with Crippen LogP contribution < -0.4 is 5.73 Å². The maximum atomic E-state index is 12.8. The number of alkyl halides is 3. The molecule has 8 fully saturated rings. The first-order valence-corrected chi connectivity index (χ1v) is 29.4. The maximum absolute atomic E-state index is 12.8. The van der Waals surface area contributed by atoms with E-state index in [4.69, 9.17) is 15.2 Å². The molecule has 0 aromatic rings. The average molecular weight is 1000 g/mol. The summed E-state index contributed by atoms with van der Waals surface area (Å²) < 4.78 is 52.7. The van der Waals surface area contributed by atoms with Gasteiger partial charge in [-0.2, -0.15) is 13.2 Å². The van der Waals surface area contributed by atoms with Crippen LogP contribution in [0.4, 0.5) is 13.2 Å². The molecule has 12 rings (SSSR count). The molecule has 0 radical (unpaired) electrons. The van der Waals surface area contributed by atoms with E-state index in [0.717, 1.165) is 108 Å². The Labute approximate surface area is 430 Å². The van der Waals surface area contributed by atoms with Gasteiger partial charge in [0.2, 0.25) is 5.78 Å². The first-order chi connectivity index (χ1) is 34.1. The van der Waals surface area contributed by atoms with Gasteiger partial charge in [-0.1, -0.05) is 76.0 Å². The van der Waals surface area contributed by atoms with Crippen molar-refractivity contribution in [2.24, 2.45) is 75.7 Å². The van der Waals surface area contributed by atoms with E-state index >= 15 is 0 Å². The number of carbonyl (C=O) groups excluding carboxylic acids is 1. The quantitative estimate of drug-likeness (QED) is 0.226. The third-order valence-corrected chi connectivity index (χ3v) is 23.8. The van der Waals surface area contributed by atoms with Gasteiger partial charge < -0.3 is 25.4 Å². The Morgan fingerprint density at radius 2 is 1.14 bits per heavy atom. The van der Waals surface area contributed by atoms with Crippen LogP contribution in [0.5, 0.6) is 0 Å². The molecule has 8 aliphatic carbocycles. The molecular weight excluding hydrogens is 912 g/mol. The highest BCUT2D eigenvalue weighted by Crippen LogP contribution is 2.67. The molecule has 11 heteroatoms. The number of aliphatic hydroxyl groups is 2. The zero-order valence-electron chi connectivity index (χ0n) is 45.4. The van der Waals surface area contributed by atoms with Gasteiger partial charge in [-0.05, 0) is 199 Å². The summed E-state index contributed by atoms with van der Waals surface area (Å²) in [5.74, 6) is 4.51. The van der Waals surface area contributed by atoms with Gasteiger partial charge >= 0.3 is 6.18 Å². The summed E-state index contributed by atoms with van der Waals surface area (Å²) in [5, 5.41) is 20.7. The number of Topliss-reactive ketones (excluding diaryl/α,β-unsaturated/α-hetero) is 1. The number of hydrogen-bond donors (Lipinski definition) is 3. The highest BCUT2D eigenvalue weighted by molar-refractivity contribution is 5.83. The largest absolute Gasteiger partial charge is 0.449 e. The van der Waals surface area contributed by atoms with Crippen LogP contribution in [-0.4, -0.2) is 112 Å². The van der Waals surface area contributed by atoms with E-state index in [1.165, 1.54) is 49.8 Å². The minimum absolute atomic E-state index is 0.0640. The minimum Gasteiger partial charge on any atom is -0.393 e. The van der Waals surface area contributed by atoms with Gasteiger partial charge in [0.05, 0.1) is 35.6 Å². The summed E-state index contributed by atoms with van der Waals surface area (Å²) in [7, 11) is 0. The standard InChI is InChI=1S/C32H46F3NO3.C29H46N2O2/c1-18-14-27-29(36(17-18)13-5-6-28(38)32(33,34)35)20(3)31(39-27)12-10-23-24-8-7-21-15-22(37)9-11-30(21,4)26(24)16-25(23)19(31)2;1-17-13-26-27(31(16-17)12-11-30)19(3)29(33-26)10-8-22-23-6-5-20-14-21(32)7-9-28(20,4)25(23)15-24(22)18(29)2/h7,18,20,22-24,26-27,29,37H,5-6,8-17H2,1-4H3;5,17,19,21-23,25-27,32H,6-16,30H2,1-4H3/t18-,20+,22-,23-,24-,26-,27+,29-,30-,31-;17-,19+,21-,22-,23-,25-,26+,27-,28-,29-/m00/s1. The van der Waals surface area contributed by atoms with Crippen LogP contribution in [0.1, 0.15) is 171 Å². The summed E-state index contributed by atoms with van der Waals surface area (Å²) in [6, 6.07) is 0.703. The number of allylic oxidation sites excluding steroid dienone is 4. The number of likely N-dealkylation sites (tertiary alicyclic amines) is 2. The molecule has 4 aliphatic heterocycles. The Morgan fingerprint density at radius 1 is 0.694 bits per heavy atom. The lowest BCUT2D eigenvalue weighted by Gasteiger charge is -2.49. The van der Waals surface area contributed by atoms with Gasteiger partial charge in [-0.25, -0.2) is 0 Å². The minimum atomic E-state index is -4.74. The molecule has 20 atom stereocenters. The number of ether oxygens (including phenoxy) is 2. The number of fused-ring (bicyclic) bond motifs is 12. The smallest absolute Gasteiger partial charge is 0.393 e. The Morgan fingerprint density at radius 3 is 1.57 bits per heavy atom. The molecule has 12 aliphatic rings. The zero-order valence-corrected chi connectivity index (χ0v) is 45.4. The lowest BCUT2D eigenvalue weighted by Crippen LogP contribution is -2.53. The number of piperidine rings is 2. The molecule has 4 saturated heterocycles. The maximum Gasteiger partial charge on any atom is 0.449 e. The molecule has 0 bridgehead atoms. The number of halogens is 3. The van der Waals surface area contributed by atoms with Gasteiger partial charge in [0.25, 0.3) is 0 Å². The van der Waals surface area contributed by atoms with Gasteiger partial charge in [0.15, 0.2) is 0 Å². The van der Waals surface area contributed by atoms with E-state index in [9.17, 15) is 28.2 Å². The summed E-state index contributed by atoms with van der Waals surface area (Å²) in [5.41, 5.74) is 15.6. The summed E-state index contributed by atoms with van der Waals surface area (Å²) in [6.45, 7) is 23.4. The first-order valence-electron chi connectivity index (χ1n) is 29.4. The molecule has 4 N–H and O–H groups in total. The van der Waals surface area contributed by atoms with Crippen molar-refractivity contribution in [1.82, 2.24) is 9.80 Å². The van der Waals surface area contributed by atoms with Crippen molar-refractivity contribution in [3.63, 3.8) is 0 Å². The summed E-state index contributed by atoms with van der Waals surface area (Å²) in [4.78, 5) is 16.5. The van der Waals surface area contributed by atoms with Crippen molar-refractivity contribution in [1.29, 1.82) is 0 Å². The Hall–Kier alpha value is -1.86. The second-order valence-corrected chi connectivity index (χ2v) is 27.2. The molecular formula is C61H92F3N3O5. The number of hydrogen-bond acceptors (Lipinski definition) is 8. The number of nitrogens with zero attached hydrogens (tertiary/aromatic N) is 2. The van der Waals surface area contributed by atoms with Crippen molar-refractivity contribution in [3.05, 3.63) is 45.6 Å². The third kappa shape index (κ3) is 8.23. The molecule has 0 amide bonds. The second kappa shape index (κ2) is 19.0. The highest BCUT2D eigenvalue weighted by Gasteiger charge is 2.64. The normalized spacial score (nSPS) is 48.6. The molecule has 0 aromatic heterocycles. The van der Waals surface area contributed by atoms with Crippen LogP contribution >= 0.6 is 0 Å². The van der Waals surface area contributed by atoms with Crippen molar-refractivity contribution in [3.8, 4) is 0 Å². The first kappa shape index (κ1) is 52.2. The third-order valence-electron chi connectivity index (χ3n) is 23.8. The van der Waals surface area contributed by atoms with Crippen LogP contribution in [0, 0.1) is 70.0 Å². The van der Waals surface area contributed by atoms with E-state index in [-0.39, 0.29) is 53.3 Å². The van der Waals surface area contributed by atoms with Crippen molar-refractivity contribution >= 4 is 5.78 Å². The Bertz CT molecular complexity index is 2240. The highest BCUT2D eigenvalue weighted by atomic mass is 19.4. The Kier molecular flexibility index (Phi) is 13.7. The number of rotatable bonds is 6. The monoisotopic (exact) mass is 1000 g/mol. The fourth-order valence-corrected chi connectivity index (χ4v) is 20.2. The molecule has 4 heterocycles. The fourth-order valence-electron chi connectivity index (χ4n) is 20.2. The number of nitrogens with two attached hydrogens (primary N) is 1. The SMILES string of the molecule is CC1=C2C[C@H]3[C@@H](CC=C4C[C@@H](O)CC[C@@]43C)[C@@H]2CC[C@]12O[C@@H]1C[C@H](C)CN(CCCC(=O)C(F)(F)F)[C@H]1[C@H]2C.CC1=C2C[C@H]3[C@@H](CC=C4C[C@@H](O)CC[C@@]43C)[C@@H]2CC[C@]12O[C@@H]1C[C@H](C)CN(CCN)[C@H]1[C@H]2C. The summed E-state index contributed by atoms with van der Waals surface area (Å²) in [6.07, 6.45) is 17.6. The lowest BCUT2D eigenvalue weighted by molar-refractivity contribution is -0.171. The fraction of sp³-hybridized carbons (Fsp3) is 0.852. The molecule has 2 spiro atoms. The predicted molar refractivity (Wildman–Crippen MR) is 277 cm³/mol. The van der Waals surface area contributed by atoms with E-state index in [1.54, 1.807) is 22.3 Å². The van der Waals surface area contributed by atoms with Crippen LogP contribution in [0.3, 0.4) is 0 Å². The van der Waals surface area contributed by atoms with Gasteiger partial charge in [0.1, 0.15) is 0 Å². The molecule has 0 unspecified atom stereocenters. The van der Waals surface area contributed by atoms with Gasteiger partial charge in [0, 0.05) is 56.5 Å². The van der Waals surface area contributed by atoms with Gasteiger partial charge in [-0.3, -0.25) is 14.6 Å². The van der Waals surface area contributed by atoms with E-state index < -0.39 is 18.4 Å². The average Bonchev–Trinajstić information content (AvgIpc) is 4.06. The van der Waals surface area contributed by atoms with Crippen molar-refractivity contribution in [2.45, 2.75) is 225 Å². The van der Waals surface area contributed by atoms with Crippen LogP contribution in [-0.2, 0) is 14.3 Å². The van der Waals surface area contributed by atoms with Crippen LogP contribution in [0.2, 0.25) is 0 Å². The second-order valence-electron chi connectivity index (χ2n) is 27.2. The molecule has 402 valence electrons. The number of carbonyl (C=O) groups is 1. The molecule has 8 nitrogen and oxygen atoms in total. The van der Waals surface area contributed by atoms with E-state index in [1.807, 2.05) is 0 Å².